The lowest BCUT2D eigenvalue weighted by molar-refractivity contribution is -0.114. The van der Waals surface area contributed by atoms with Crippen LogP contribution in [0.2, 0.25) is 0 Å². The highest BCUT2D eigenvalue weighted by Gasteiger charge is 2.34. The highest BCUT2D eigenvalue weighted by molar-refractivity contribution is 8.16. The number of fused-ring (bicyclic) bond motifs is 2. The topological polar surface area (TPSA) is 103 Å². The fourth-order valence-corrected chi connectivity index (χ4v) is 4.58. The number of hydrogen-bond acceptors (Lipinski definition) is 8. The van der Waals surface area contributed by atoms with Crippen molar-refractivity contribution in [2.75, 3.05) is 21.0 Å². The van der Waals surface area contributed by atoms with E-state index < -0.39 is 5.91 Å². The number of carbonyl (C=O) groups is 1. The summed E-state index contributed by atoms with van der Waals surface area (Å²) in [6.07, 6.45) is 1.61. The van der Waals surface area contributed by atoms with Gasteiger partial charge < -0.3 is 23.7 Å². The fourth-order valence-electron chi connectivity index (χ4n) is 3.72. The van der Waals surface area contributed by atoms with Crippen molar-refractivity contribution in [1.29, 1.82) is 5.41 Å². The van der Waals surface area contributed by atoms with Gasteiger partial charge in [0, 0.05) is 5.70 Å². The predicted octanol–water partition coefficient (Wildman–Crippen LogP) is 4.18. The highest BCUT2D eigenvalue weighted by Crippen LogP contribution is 2.41. The Morgan fingerprint density at radius 1 is 1.15 bits per heavy atom. The summed E-state index contributed by atoms with van der Waals surface area (Å²) in [7, 11) is 3.05. The van der Waals surface area contributed by atoms with Gasteiger partial charge in [0.2, 0.25) is 12.5 Å². The van der Waals surface area contributed by atoms with Crippen LogP contribution in [0.25, 0.3) is 6.08 Å². The number of methoxy groups -OCH3 is 2. The monoisotopic (exact) mass is 479 g/mol. The maximum Gasteiger partial charge on any atom is 0.283 e. The van der Waals surface area contributed by atoms with E-state index in [9.17, 15) is 4.79 Å². The second-order valence-corrected chi connectivity index (χ2v) is 8.39. The number of hydrogen-bond donors (Lipinski definition) is 1. The van der Waals surface area contributed by atoms with Gasteiger partial charge in [-0.2, -0.15) is 4.99 Å². The molecule has 2 aromatic rings. The Hall–Kier alpha value is -3.92. The van der Waals surface area contributed by atoms with Crippen molar-refractivity contribution in [3.63, 3.8) is 0 Å². The number of carbonyl (C=O) groups excluding carboxylic acids is 1. The van der Waals surface area contributed by atoms with Gasteiger partial charge in [0.1, 0.15) is 12.4 Å². The lowest BCUT2D eigenvalue weighted by Crippen LogP contribution is -2.37. The van der Waals surface area contributed by atoms with Crippen molar-refractivity contribution in [3.8, 4) is 28.7 Å². The molecule has 0 radical (unpaired) electrons. The van der Waals surface area contributed by atoms with Crippen LogP contribution in [0.15, 0.2) is 52.0 Å². The van der Waals surface area contributed by atoms with E-state index in [1.807, 2.05) is 30.5 Å². The maximum absolute atomic E-state index is 12.6. The molecule has 2 aromatic carbocycles. The van der Waals surface area contributed by atoms with Gasteiger partial charge in [0.15, 0.2) is 28.2 Å². The first-order valence-corrected chi connectivity index (χ1v) is 11.2. The van der Waals surface area contributed by atoms with Gasteiger partial charge in [-0.15, -0.1) is 0 Å². The molecule has 174 valence electrons. The number of aliphatic imine (C=N–C) groups is 1. The molecule has 9 nitrogen and oxygen atoms in total. The SMILES string of the molecule is COc1cc(/C=C2/C(=N)N3C(C)=CSC3=NC2=O)cc(OC)c1OCc1ccc2c(c1)OCO2. The second-order valence-electron chi connectivity index (χ2n) is 7.55. The van der Waals surface area contributed by atoms with Gasteiger partial charge in [0.25, 0.3) is 5.91 Å². The molecule has 3 aliphatic rings. The molecule has 0 unspecified atom stereocenters. The standard InChI is InChI=1S/C24H21N3O6S/c1-13-11-34-24-26-23(28)16(22(25)27(13)24)6-15-8-19(29-2)21(20(9-15)30-3)31-10-14-4-5-17-18(7-14)33-12-32-17/h4-9,11,25H,10,12H2,1-3H3/b16-6-,25-22?. The first kappa shape index (κ1) is 21.9. The van der Waals surface area contributed by atoms with Crippen molar-refractivity contribution in [1.82, 2.24) is 4.90 Å². The Morgan fingerprint density at radius 2 is 1.88 bits per heavy atom. The lowest BCUT2D eigenvalue weighted by atomic mass is 10.1. The maximum atomic E-state index is 12.6. The average Bonchev–Trinajstić information content (AvgIpc) is 3.46. The molecular weight excluding hydrogens is 458 g/mol. The van der Waals surface area contributed by atoms with Crippen LogP contribution in [0.4, 0.5) is 0 Å². The van der Waals surface area contributed by atoms with Gasteiger partial charge in [-0.25, -0.2) is 0 Å². The number of benzene rings is 2. The summed E-state index contributed by atoms with van der Waals surface area (Å²) in [6.45, 7) is 2.33. The molecule has 10 heteroatoms. The quantitative estimate of drug-likeness (QED) is 0.616. The zero-order valence-corrected chi connectivity index (χ0v) is 19.5. The second kappa shape index (κ2) is 8.79. The van der Waals surface area contributed by atoms with Crippen molar-refractivity contribution in [2.45, 2.75) is 13.5 Å². The number of amidine groups is 2. The minimum atomic E-state index is -0.465. The highest BCUT2D eigenvalue weighted by atomic mass is 32.2. The summed E-state index contributed by atoms with van der Waals surface area (Å²) < 4.78 is 27.9. The number of rotatable bonds is 6. The largest absolute Gasteiger partial charge is 0.493 e. The summed E-state index contributed by atoms with van der Waals surface area (Å²) in [5.74, 6) is 2.27. The van der Waals surface area contributed by atoms with E-state index in [0.29, 0.717) is 39.5 Å². The van der Waals surface area contributed by atoms with Crippen LogP contribution < -0.4 is 23.7 Å². The van der Waals surface area contributed by atoms with E-state index >= 15 is 0 Å². The van der Waals surface area contributed by atoms with Gasteiger partial charge in [-0.3, -0.25) is 15.1 Å². The van der Waals surface area contributed by atoms with E-state index in [0.717, 1.165) is 11.3 Å². The van der Waals surface area contributed by atoms with Crippen molar-refractivity contribution in [2.24, 2.45) is 4.99 Å². The van der Waals surface area contributed by atoms with E-state index in [-0.39, 0.29) is 24.8 Å². The van der Waals surface area contributed by atoms with Crippen molar-refractivity contribution in [3.05, 3.63) is 58.1 Å². The van der Waals surface area contributed by atoms with Crippen LogP contribution in [0.1, 0.15) is 18.1 Å². The molecule has 0 atom stereocenters. The van der Waals surface area contributed by atoms with Crippen LogP contribution in [-0.4, -0.2) is 42.8 Å². The van der Waals surface area contributed by atoms with E-state index in [1.165, 1.54) is 26.0 Å². The molecule has 0 saturated carbocycles. The zero-order valence-electron chi connectivity index (χ0n) is 18.7. The summed E-state index contributed by atoms with van der Waals surface area (Å²) in [6, 6.07) is 9.05. The summed E-state index contributed by atoms with van der Waals surface area (Å²) >= 11 is 1.33. The molecule has 3 heterocycles. The van der Waals surface area contributed by atoms with Crippen molar-refractivity contribution >= 4 is 34.7 Å². The molecule has 5 rings (SSSR count). The molecule has 34 heavy (non-hydrogen) atoms. The fraction of sp³-hybridized carbons (Fsp3) is 0.208. The van der Waals surface area contributed by atoms with Crippen LogP contribution >= 0.6 is 11.8 Å². The Bertz CT molecular complexity index is 1270. The number of nitrogens with one attached hydrogen (secondary N) is 1. The van der Waals surface area contributed by atoms with Crippen LogP contribution in [0.5, 0.6) is 28.7 Å². The number of amides is 1. The van der Waals surface area contributed by atoms with Gasteiger partial charge >= 0.3 is 0 Å². The van der Waals surface area contributed by atoms with Gasteiger partial charge in [0.05, 0.1) is 19.8 Å². The number of ether oxygens (including phenoxy) is 5. The zero-order chi connectivity index (χ0) is 23.8. The third-order valence-corrected chi connectivity index (χ3v) is 6.34. The number of allylic oxidation sites excluding steroid dienone is 1. The number of nitrogens with zero attached hydrogens (tertiary/aromatic N) is 2. The average molecular weight is 480 g/mol. The Labute approximate surface area is 200 Å². The summed E-state index contributed by atoms with van der Waals surface area (Å²) in [4.78, 5) is 18.4. The smallest absolute Gasteiger partial charge is 0.283 e. The molecule has 0 aliphatic carbocycles. The molecule has 0 bridgehead atoms. The van der Waals surface area contributed by atoms with Crippen LogP contribution in [-0.2, 0) is 11.4 Å². The van der Waals surface area contributed by atoms with E-state index in [4.69, 9.17) is 29.1 Å². The first-order valence-electron chi connectivity index (χ1n) is 10.3. The van der Waals surface area contributed by atoms with Gasteiger partial charge in [-0.1, -0.05) is 17.8 Å². The predicted molar refractivity (Wildman–Crippen MR) is 128 cm³/mol. The Morgan fingerprint density at radius 3 is 2.62 bits per heavy atom. The minimum Gasteiger partial charge on any atom is -0.493 e. The third kappa shape index (κ3) is 3.86. The summed E-state index contributed by atoms with van der Waals surface area (Å²) in [5.41, 5.74) is 2.53. The molecule has 0 fully saturated rings. The Balaban J connectivity index is 1.43. The van der Waals surface area contributed by atoms with E-state index in [1.54, 1.807) is 23.1 Å². The molecular formula is C24H21N3O6S. The molecule has 0 spiro atoms. The molecule has 3 aliphatic heterocycles. The van der Waals surface area contributed by atoms with E-state index in [2.05, 4.69) is 4.99 Å². The summed E-state index contributed by atoms with van der Waals surface area (Å²) in [5, 5.41) is 10.9. The molecule has 1 N–H and O–H groups in total. The Kier molecular flexibility index (Phi) is 5.66. The lowest BCUT2D eigenvalue weighted by Gasteiger charge is -2.25. The van der Waals surface area contributed by atoms with Crippen molar-refractivity contribution < 1.29 is 28.5 Å². The molecule has 0 aromatic heterocycles. The number of thioether (sulfide) groups is 1. The first-order chi connectivity index (χ1) is 16.5. The van der Waals surface area contributed by atoms with Crippen LogP contribution in [0.3, 0.4) is 0 Å². The molecule has 0 saturated heterocycles. The third-order valence-electron chi connectivity index (χ3n) is 5.40. The minimum absolute atomic E-state index is 0.0785. The molecule has 1 amide bonds. The normalized spacial score (nSPS) is 17.5. The van der Waals surface area contributed by atoms with Crippen LogP contribution in [0, 0.1) is 5.41 Å². The van der Waals surface area contributed by atoms with Gasteiger partial charge in [-0.05, 0) is 53.8 Å².